The Labute approximate surface area is 266 Å². The van der Waals surface area contributed by atoms with E-state index in [0.29, 0.717) is 17.8 Å². The number of allylic oxidation sites excluding steroid dienone is 4. The molecule has 2 atom stereocenters. The van der Waals surface area contributed by atoms with Crippen molar-refractivity contribution < 1.29 is 0 Å². The maximum Gasteiger partial charge on any atom is 0.0131 e. The molecule has 2 unspecified atom stereocenters. The highest BCUT2D eigenvalue weighted by molar-refractivity contribution is 5.91. The molecular formula is C45H36. The molecule has 0 amide bonds. The molecule has 0 N–H and O–H groups in total. The molecule has 3 aliphatic rings. The second-order valence-corrected chi connectivity index (χ2v) is 13.2. The molecule has 0 heterocycles. The highest BCUT2D eigenvalue weighted by atomic mass is 14.3. The van der Waals surface area contributed by atoms with Crippen molar-refractivity contribution in [2.45, 2.75) is 43.9 Å². The zero-order chi connectivity index (χ0) is 29.9. The van der Waals surface area contributed by atoms with Gasteiger partial charge in [-0.2, -0.15) is 0 Å². The van der Waals surface area contributed by atoms with Gasteiger partial charge in [0.25, 0.3) is 0 Å². The van der Waals surface area contributed by atoms with E-state index in [1.165, 1.54) is 96.8 Å². The average Bonchev–Trinajstić information content (AvgIpc) is 3.07. The quantitative estimate of drug-likeness (QED) is 0.196. The molecule has 0 bridgehead atoms. The van der Waals surface area contributed by atoms with Gasteiger partial charge in [-0.05, 0) is 115 Å². The van der Waals surface area contributed by atoms with Crippen molar-refractivity contribution in [1.82, 2.24) is 0 Å². The molecule has 0 heteroatoms. The topological polar surface area (TPSA) is 0 Å². The van der Waals surface area contributed by atoms with Gasteiger partial charge in [0.2, 0.25) is 0 Å². The van der Waals surface area contributed by atoms with Crippen LogP contribution in [0.5, 0.6) is 0 Å². The van der Waals surface area contributed by atoms with Gasteiger partial charge in [0, 0.05) is 11.8 Å². The van der Waals surface area contributed by atoms with Crippen LogP contribution in [0, 0.1) is 6.92 Å². The van der Waals surface area contributed by atoms with E-state index in [-0.39, 0.29) is 0 Å². The Morgan fingerprint density at radius 3 is 1.80 bits per heavy atom. The van der Waals surface area contributed by atoms with E-state index in [9.17, 15) is 0 Å². The zero-order valence-corrected chi connectivity index (χ0v) is 25.7. The minimum Gasteiger partial charge on any atom is -0.0761 e. The monoisotopic (exact) mass is 576 g/mol. The largest absolute Gasteiger partial charge is 0.0761 e. The lowest BCUT2D eigenvalue weighted by Crippen LogP contribution is -2.16. The van der Waals surface area contributed by atoms with E-state index in [1.54, 1.807) is 0 Å². The summed E-state index contributed by atoms with van der Waals surface area (Å²) in [5.74, 6) is 1.49. The van der Waals surface area contributed by atoms with Gasteiger partial charge in [0.15, 0.2) is 0 Å². The fourth-order valence-electron chi connectivity index (χ4n) is 8.12. The van der Waals surface area contributed by atoms with Gasteiger partial charge in [-0.25, -0.2) is 0 Å². The predicted molar refractivity (Wildman–Crippen MR) is 191 cm³/mol. The Balaban J connectivity index is 1.09. The van der Waals surface area contributed by atoms with Crippen molar-refractivity contribution in [3.8, 4) is 44.5 Å². The fraction of sp³-hybridized carbons (Fsp3) is 0.156. The molecule has 1 saturated carbocycles. The van der Waals surface area contributed by atoms with Gasteiger partial charge in [0.05, 0.1) is 0 Å². The maximum atomic E-state index is 2.47. The molecule has 9 rings (SSSR count). The molecule has 0 radical (unpaired) electrons. The number of rotatable bonds is 4. The van der Waals surface area contributed by atoms with E-state index in [0.717, 1.165) is 0 Å². The van der Waals surface area contributed by atoms with Crippen LogP contribution < -0.4 is 0 Å². The van der Waals surface area contributed by atoms with Crippen molar-refractivity contribution >= 4 is 10.8 Å². The second kappa shape index (κ2) is 10.6. The molecule has 45 heavy (non-hydrogen) atoms. The van der Waals surface area contributed by atoms with Gasteiger partial charge in [-0.3, -0.25) is 0 Å². The normalized spacial score (nSPS) is 18.2. The minimum absolute atomic E-state index is 0.402. The zero-order valence-electron chi connectivity index (χ0n) is 25.7. The van der Waals surface area contributed by atoms with Crippen LogP contribution in [0.4, 0.5) is 0 Å². The van der Waals surface area contributed by atoms with Crippen LogP contribution >= 0.6 is 0 Å². The van der Waals surface area contributed by atoms with Crippen molar-refractivity contribution in [2.24, 2.45) is 0 Å². The molecule has 0 aromatic heterocycles. The lowest BCUT2D eigenvalue weighted by atomic mass is 9.69. The Hall–Kier alpha value is -4.94. The van der Waals surface area contributed by atoms with E-state index >= 15 is 0 Å². The summed E-state index contributed by atoms with van der Waals surface area (Å²) in [4.78, 5) is 0. The Bertz CT molecular complexity index is 2150. The summed E-state index contributed by atoms with van der Waals surface area (Å²) < 4.78 is 0. The molecule has 6 aromatic rings. The van der Waals surface area contributed by atoms with Crippen molar-refractivity contribution in [3.05, 3.63) is 168 Å². The van der Waals surface area contributed by atoms with E-state index < -0.39 is 0 Å². The molecule has 6 aromatic carbocycles. The first-order chi connectivity index (χ1) is 22.2. The molecule has 0 nitrogen and oxygen atoms in total. The van der Waals surface area contributed by atoms with Crippen LogP contribution in [0.2, 0.25) is 0 Å². The van der Waals surface area contributed by atoms with Gasteiger partial charge in [-0.15, -0.1) is 0 Å². The standard InChI is InChI=1S/C45H36/c1-29-36(18-9-19-37(29)44-27-34-11-3-2-10-33(34)26-43(44)31-12-8-13-31)32-22-20-30(21-23-32)35-24-25-42-40-16-5-4-14-38(40)39-15-6-7-17-41(39)45(42)28-35/h2-7,9-11,14-28,31,38,40H,8,12-13H2,1H3. The lowest BCUT2D eigenvalue weighted by Gasteiger charge is -2.34. The Kier molecular flexibility index (Phi) is 6.23. The molecule has 0 spiro atoms. The molecule has 216 valence electrons. The van der Waals surface area contributed by atoms with Crippen molar-refractivity contribution in [2.75, 3.05) is 0 Å². The van der Waals surface area contributed by atoms with E-state index in [2.05, 4.69) is 153 Å². The fourth-order valence-corrected chi connectivity index (χ4v) is 8.12. The molecule has 0 saturated heterocycles. The third kappa shape index (κ3) is 4.35. The molecule has 1 fully saturated rings. The second-order valence-electron chi connectivity index (χ2n) is 13.2. The van der Waals surface area contributed by atoms with Crippen LogP contribution in [0.25, 0.3) is 55.3 Å². The number of hydrogen-bond donors (Lipinski definition) is 0. The summed E-state index contributed by atoms with van der Waals surface area (Å²) in [6, 6.07) is 45.9. The first kappa shape index (κ1) is 26.5. The van der Waals surface area contributed by atoms with Gasteiger partial charge in [-0.1, -0.05) is 140 Å². The third-order valence-electron chi connectivity index (χ3n) is 10.8. The first-order valence-electron chi connectivity index (χ1n) is 16.5. The van der Waals surface area contributed by atoms with Gasteiger partial charge >= 0.3 is 0 Å². The smallest absolute Gasteiger partial charge is 0.0131 e. The molecule has 3 aliphatic carbocycles. The SMILES string of the molecule is Cc1c(-c2ccc(-c3ccc4c(c3)-c3ccccc3C3C=CC=CC43)cc2)cccc1-c1cc2ccccc2cc1C1CCC1. The highest BCUT2D eigenvalue weighted by Crippen LogP contribution is 2.50. The first-order valence-corrected chi connectivity index (χ1v) is 16.5. The van der Waals surface area contributed by atoms with Crippen molar-refractivity contribution in [1.29, 1.82) is 0 Å². The van der Waals surface area contributed by atoms with Gasteiger partial charge < -0.3 is 0 Å². The maximum absolute atomic E-state index is 2.47. The van der Waals surface area contributed by atoms with Gasteiger partial charge in [0.1, 0.15) is 0 Å². The van der Waals surface area contributed by atoms with Crippen LogP contribution in [-0.4, -0.2) is 0 Å². The predicted octanol–water partition coefficient (Wildman–Crippen LogP) is 12.4. The number of hydrogen-bond acceptors (Lipinski definition) is 0. The van der Waals surface area contributed by atoms with Crippen LogP contribution in [0.1, 0.15) is 59.3 Å². The summed E-state index contributed by atoms with van der Waals surface area (Å²) in [5.41, 5.74) is 16.4. The summed E-state index contributed by atoms with van der Waals surface area (Å²) in [5, 5.41) is 2.67. The Morgan fingerprint density at radius 2 is 1.04 bits per heavy atom. The van der Waals surface area contributed by atoms with Crippen LogP contribution in [-0.2, 0) is 0 Å². The van der Waals surface area contributed by atoms with Crippen LogP contribution in [0.3, 0.4) is 0 Å². The summed E-state index contributed by atoms with van der Waals surface area (Å²) in [6.07, 6.45) is 13.1. The molecule has 0 aliphatic heterocycles. The number of fused-ring (bicyclic) bond motifs is 7. The summed E-state index contributed by atoms with van der Waals surface area (Å²) in [7, 11) is 0. The molecular weight excluding hydrogens is 540 g/mol. The highest BCUT2D eigenvalue weighted by Gasteiger charge is 2.31. The minimum atomic E-state index is 0.402. The summed E-state index contributed by atoms with van der Waals surface area (Å²) in [6.45, 7) is 2.31. The third-order valence-corrected chi connectivity index (χ3v) is 10.8. The number of benzene rings is 6. The van der Waals surface area contributed by atoms with E-state index in [1.807, 2.05) is 0 Å². The average molecular weight is 577 g/mol. The summed E-state index contributed by atoms with van der Waals surface area (Å²) >= 11 is 0. The van der Waals surface area contributed by atoms with E-state index in [4.69, 9.17) is 0 Å². The van der Waals surface area contributed by atoms with Crippen LogP contribution in [0.15, 0.2) is 146 Å². The lowest BCUT2D eigenvalue weighted by molar-refractivity contribution is 0.421. The van der Waals surface area contributed by atoms with Crippen molar-refractivity contribution in [3.63, 3.8) is 0 Å². The Morgan fingerprint density at radius 1 is 0.444 bits per heavy atom.